The molecule has 0 aliphatic heterocycles. The number of nitrogen functional groups attached to an aromatic ring is 1. The maximum absolute atomic E-state index is 12.3. The topological polar surface area (TPSA) is 72.2 Å². The molecular formula is C12H19BrN2O2S. The van der Waals surface area contributed by atoms with Gasteiger partial charge in [-0.1, -0.05) is 22.9 Å². The van der Waals surface area contributed by atoms with Gasteiger partial charge in [-0.25, -0.2) is 13.1 Å². The summed E-state index contributed by atoms with van der Waals surface area (Å²) < 4.78 is 28.0. The minimum Gasteiger partial charge on any atom is -0.398 e. The van der Waals surface area contributed by atoms with Gasteiger partial charge in [-0.05, 0) is 44.9 Å². The quantitative estimate of drug-likeness (QED) is 0.831. The maximum atomic E-state index is 12.3. The lowest BCUT2D eigenvalue weighted by Gasteiger charge is -2.25. The molecule has 1 aromatic rings. The van der Waals surface area contributed by atoms with E-state index in [-0.39, 0.29) is 4.90 Å². The largest absolute Gasteiger partial charge is 0.398 e. The highest BCUT2D eigenvalue weighted by molar-refractivity contribution is 9.10. The molecule has 0 spiro atoms. The molecule has 4 nitrogen and oxygen atoms in total. The van der Waals surface area contributed by atoms with E-state index in [2.05, 4.69) is 20.7 Å². The first-order valence-electron chi connectivity index (χ1n) is 5.68. The van der Waals surface area contributed by atoms with Gasteiger partial charge in [0.25, 0.3) is 0 Å². The predicted molar refractivity (Wildman–Crippen MR) is 78.0 cm³/mol. The molecule has 0 saturated carbocycles. The van der Waals surface area contributed by atoms with Crippen molar-refractivity contribution in [1.29, 1.82) is 0 Å². The molecule has 0 heterocycles. The van der Waals surface area contributed by atoms with Gasteiger partial charge < -0.3 is 5.73 Å². The normalized spacial score (nSPS) is 12.7. The van der Waals surface area contributed by atoms with Crippen molar-refractivity contribution in [2.75, 3.05) is 5.73 Å². The van der Waals surface area contributed by atoms with E-state index in [9.17, 15) is 8.42 Å². The molecule has 18 heavy (non-hydrogen) atoms. The molecule has 1 aromatic carbocycles. The van der Waals surface area contributed by atoms with Gasteiger partial charge in [0.1, 0.15) is 0 Å². The van der Waals surface area contributed by atoms with Crippen LogP contribution in [0.3, 0.4) is 0 Å². The van der Waals surface area contributed by atoms with E-state index >= 15 is 0 Å². The number of anilines is 1. The molecule has 0 aliphatic carbocycles. The summed E-state index contributed by atoms with van der Waals surface area (Å²) in [6.07, 6.45) is 0.703. The monoisotopic (exact) mass is 334 g/mol. The zero-order chi connectivity index (χ0) is 14.1. The standard InChI is InChI=1S/C12H19BrN2O2S/c1-5-12(3,4)15-18(16,17)11-7-9(13)6-10(14)8(11)2/h6-7,15H,5,14H2,1-4H3. The molecule has 0 aromatic heterocycles. The Labute approximate surface area is 117 Å². The lowest BCUT2D eigenvalue weighted by Crippen LogP contribution is -2.42. The highest BCUT2D eigenvalue weighted by atomic mass is 79.9. The van der Waals surface area contributed by atoms with Gasteiger partial charge in [-0.15, -0.1) is 0 Å². The van der Waals surface area contributed by atoms with Crippen molar-refractivity contribution in [2.45, 2.75) is 44.6 Å². The third-order valence-electron chi connectivity index (χ3n) is 2.95. The van der Waals surface area contributed by atoms with E-state index in [0.717, 1.165) is 0 Å². The number of nitrogens with one attached hydrogen (secondary N) is 1. The second-order valence-electron chi connectivity index (χ2n) is 4.96. The number of hydrogen-bond donors (Lipinski definition) is 2. The third kappa shape index (κ3) is 3.46. The summed E-state index contributed by atoms with van der Waals surface area (Å²) in [6, 6.07) is 3.26. The van der Waals surface area contributed by atoms with Crippen LogP contribution in [0.4, 0.5) is 5.69 Å². The molecule has 0 atom stereocenters. The number of halogens is 1. The minimum absolute atomic E-state index is 0.218. The molecule has 3 N–H and O–H groups in total. The number of rotatable bonds is 4. The average Bonchev–Trinajstić information content (AvgIpc) is 2.21. The molecule has 1 rings (SSSR count). The molecule has 102 valence electrons. The molecule has 6 heteroatoms. The number of benzene rings is 1. The summed E-state index contributed by atoms with van der Waals surface area (Å²) in [4.78, 5) is 0.218. The fraction of sp³-hybridized carbons (Fsp3) is 0.500. The average molecular weight is 335 g/mol. The van der Waals surface area contributed by atoms with Gasteiger partial charge in [0.2, 0.25) is 10.0 Å². The number of sulfonamides is 1. The summed E-state index contributed by atoms with van der Waals surface area (Å²) in [5, 5.41) is 0. The molecule has 0 aliphatic rings. The van der Waals surface area contributed by atoms with Crippen molar-refractivity contribution < 1.29 is 8.42 Å². The Morgan fingerprint density at radius 1 is 1.39 bits per heavy atom. The summed E-state index contributed by atoms with van der Waals surface area (Å²) in [5.74, 6) is 0. The van der Waals surface area contributed by atoms with Gasteiger partial charge in [0.05, 0.1) is 4.90 Å². The Kier molecular flexibility index (Phi) is 4.46. The van der Waals surface area contributed by atoms with Crippen LogP contribution in [0.5, 0.6) is 0 Å². The fourth-order valence-corrected chi connectivity index (χ4v) is 3.86. The summed E-state index contributed by atoms with van der Waals surface area (Å²) in [6.45, 7) is 7.34. The van der Waals surface area contributed by atoms with E-state index in [1.165, 1.54) is 0 Å². The zero-order valence-electron chi connectivity index (χ0n) is 11.0. The van der Waals surface area contributed by atoms with Crippen LogP contribution in [0, 0.1) is 6.92 Å². The van der Waals surface area contributed by atoms with Gasteiger partial charge in [0.15, 0.2) is 0 Å². The van der Waals surface area contributed by atoms with Crippen molar-refractivity contribution in [3.05, 3.63) is 22.2 Å². The van der Waals surface area contributed by atoms with E-state index in [1.54, 1.807) is 19.1 Å². The fourth-order valence-electron chi connectivity index (χ4n) is 1.44. The highest BCUT2D eigenvalue weighted by Crippen LogP contribution is 2.27. The van der Waals surface area contributed by atoms with E-state index in [0.29, 0.717) is 22.1 Å². The molecule has 0 amide bonds. The summed E-state index contributed by atoms with van der Waals surface area (Å²) >= 11 is 3.26. The molecule has 0 saturated heterocycles. The Balaban J connectivity index is 3.30. The van der Waals surface area contributed by atoms with Crippen molar-refractivity contribution in [2.24, 2.45) is 0 Å². The van der Waals surface area contributed by atoms with Crippen LogP contribution in [0.1, 0.15) is 32.8 Å². The van der Waals surface area contributed by atoms with Crippen LogP contribution in [-0.4, -0.2) is 14.0 Å². The first-order valence-corrected chi connectivity index (χ1v) is 7.96. The predicted octanol–water partition coefficient (Wildman–Crippen LogP) is 2.81. The maximum Gasteiger partial charge on any atom is 0.241 e. The van der Waals surface area contributed by atoms with Gasteiger partial charge in [-0.3, -0.25) is 0 Å². The third-order valence-corrected chi connectivity index (χ3v) is 5.23. The molecule has 0 bridgehead atoms. The Bertz CT molecular complexity index is 553. The van der Waals surface area contributed by atoms with Crippen LogP contribution in [-0.2, 0) is 10.0 Å². The molecular weight excluding hydrogens is 316 g/mol. The van der Waals surface area contributed by atoms with E-state index in [1.807, 2.05) is 20.8 Å². The minimum atomic E-state index is -3.57. The van der Waals surface area contributed by atoms with Gasteiger partial charge in [0, 0.05) is 15.7 Å². The van der Waals surface area contributed by atoms with Crippen LogP contribution < -0.4 is 10.5 Å². The Morgan fingerprint density at radius 2 is 1.94 bits per heavy atom. The van der Waals surface area contributed by atoms with Crippen molar-refractivity contribution in [3.63, 3.8) is 0 Å². The van der Waals surface area contributed by atoms with E-state index in [4.69, 9.17) is 5.73 Å². The molecule has 0 fully saturated rings. The summed E-state index contributed by atoms with van der Waals surface area (Å²) in [7, 11) is -3.57. The van der Waals surface area contributed by atoms with Crippen molar-refractivity contribution in [1.82, 2.24) is 4.72 Å². The smallest absolute Gasteiger partial charge is 0.241 e. The molecule has 0 radical (unpaired) electrons. The second kappa shape index (κ2) is 5.19. The first kappa shape index (κ1) is 15.5. The Hall–Kier alpha value is -0.590. The SMILES string of the molecule is CCC(C)(C)NS(=O)(=O)c1cc(Br)cc(N)c1C. The van der Waals surface area contributed by atoms with Crippen molar-refractivity contribution in [3.8, 4) is 0 Å². The van der Waals surface area contributed by atoms with Gasteiger partial charge in [-0.2, -0.15) is 0 Å². The zero-order valence-corrected chi connectivity index (χ0v) is 13.4. The van der Waals surface area contributed by atoms with Crippen LogP contribution in [0.15, 0.2) is 21.5 Å². The van der Waals surface area contributed by atoms with Crippen LogP contribution in [0.2, 0.25) is 0 Å². The van der Waals surface area contributed by atoms with Crippen molar-refractivity contribution >= 4 is 31.6 Å². The lowest BCUT2D eigenvalue weighted by molar-refractivity contribution is 0.439. The summed E-state index contributed by atoms with van der Waals surface area (Å²) in [5.41, 5.74) is 6.33. The van der Waals surface area contributed by atoms with Crippen LogP contribution in [0.25, 0.3) is 0 Å². The second-order valence-corrected chi connectivity index (χ2v) is 7.53. The van der Waals surface area contributed by atoms with Crippen LogP contribution >= 0.6 is 15.9 Å². The first-order chi connectivity index (χ1) is 8.09. The molecule has 0 unspecified atom stereocenters. The number of nitrogens with two attached hydrogens (primary N) is 1. The van der Waals surface area contributed by atoms with Gasteiger partial charge >= 0.3 is 0 Å². The Morgan fingerprint density at radius 3 is 2.44 bits per heavy atom. The lowest BCUT2D eigenvalue weighted by atomic mass is 10.0. The number of hydrogen-bond acceptors (Lipinski definition) is 3. The highest BCUT2D eigenvalue weighted by Gasteiger charge is 2.26. The van der Waals surface area contributed by atoms with E-state index < -0.39 is 15.6 Å².